The first kappa shape index (κ1) is 23.0. The molecule has 1 atom stereocenters. The quantitative estimate of drug-likeness (QED) is 0.523. The molecule has 2 aromatic carbocycles. The third-order valence-electron chi connectivity index (χ3n) is 5.43. The predicted octanol–water partition coefficient (Wildman–Crippen LogP) is 3.52. The zero-order valence-corrected chi connectivity index (χ0v) is 20.4. The van der Waals surface area contributed by atoms with E-state index in [4.69, 9.17) is 16.3 Å². The van der Waals surface area contributed by atoms with Gasteiger partial charge in [-0.1, -0.05) is 53.3 Å². The van der Waals surface area contributed by atoms with Gasteiger partial charge in [-0.2, -0.15) is 0 Å². The fraction of sp³-hybridized carbons (Fsp3) is 0.240. The minimum Gasteiger partial charge on any atom is -0.463 e. The lowest BCUT2D eigenvalue weighted by Crippen LogP contribution is -2.39. The maximum Gasteiger partial charge on any atom is 0.338 e. The molecule has 1 aliphatic heterocycles. The second-order valence-electron chi connectivity index (χ2n) is 7.81. The van der Waals surface area contributed by atoms with Gasteiger partial charge in [0.1, 0.15) is 0 Å². The van der Waals surface area contributed by atoms with Crippen LogP contribution in [0.25, 0.3) is 6.08 Å². The van der Waals surface area contributed by atoms with Gasteiger partial charge in [0, 0.05) is 24.8 Å². The number of ether oxygens (including phenoxy) is 1. The van der Waals surface area contributed by atoms with Crippen LogP contribution in [0, 0.1) is 0 Å². The number of allylic oxidation sites excluding steroid dienone is 1. The Bertz CT molecular complexity index is 1420. The van der Waals surface area contributed by atoms with Crippen molar-refractivity contribution in [3.05, 3.63) is 95.6 Å². The third kappa shape index (κ3) is 4.38. The summed E-state index contributed by atoms with van der Waals surface area (Å²) in [5, 5.41) is 0.558. The van der Waals surface area contributed by atoms with E-state index in [-0.39, 0.29) is 12.2 Å². The SMILES string of the molecule is CCOC(=O)C1=C(C)N=c2sc(=Cc3ccccc3Cl)c(=O)n2[C@@H]1c1ccc(N(C)C)cc1. The highest BCUT2D eigenvalue weighted by Gasteiger charge is 2.33. The molecule has 0 amide bonds. The van der Waals surface area contributed by atoms with Gasteiger partial charge in [-0.05, 0) is 49.2 Å². The number of fused-ring (bicyclic) bond motifs is 1. The average Bonchev–Trinajstić information content (AvgIpc) is 3.09. The molecule has 170 valence electrons. The summed E-state index contributed by atoms with van der Waals surface area (Å²) in [4.78, 5) is 33.6. The second-order valence-corrected chi connectivity index (χ2v) is 9.23. The third-order valence-corrected chi connectivity index (χ3v) is 6.76. The minimum atomic E-state index is -0.634. The van der Waals surface area contributed by atoms with Gasteiger partial charge in [0.2, 0.25) is 0 Å². The van der Waals surface area contributed by atoms with E-state index in [2.05, 4.69) is 4.99 Å². The Morgan fingerprint density at radius 1 is 1.21 bits per heavy atom. The molecule has 0 unspecified atom stereocenters. The first-order valence-electron chi connectivity index (χ1n) is 10.5. The number of carbonyl (C=O) groups is 1. The molecule has 0 N–H and O–H groups in total. The van der Waals surface area contributed by atoms with E-state index in [1.54, 1.807) is 30.6 Å². The van der Waals surface area contributed by atoms with Crippen LogP contribution in [0.15, 0.2) is 69.6 Å². The maximum absolute atomic E-state index is 13.6. The van der Waals surface area contributed by atoms with E-state index < -0.39 is 12.0 Å². The number of hydrogen-bond acceptors (Lipinski definition) is 6. The van der Waals surface area contributed by atoms with Gasteiger partial charge < -0.3 is 9.64 Å². The average molecular weight is 482 g/mol. The maximum atomic E-state index is 13.6. The highest BCUT2D eigenvalue weighted by molar-refractivity contribution is 7.07. The van der Waals surface area contributed by atoms with Gasteiger partial charge in [0.15, 0.2) is 4.80 Å². The van der Waals surface area contributed by atoms with Crippen molar-refractivity contribution in [2.45, 2.75) is 19.9 Å². The van der Waals surface area contributed by atoms with Gasteiger partial charge >= 0.3 is 5.97 Å². The lowest BCUT2D eigenvalue weighted by molar-refractivity contribution is -0.139. The van der Waals surface area contributed by atoms with Crippen LogP contribution >= 0.6 is 22.9 Å². The summed E-state index contributed by atoms with van der Waals surface area (Å²) >= 11 is 7.59. The van der Waals surface area contributed by atoms with Crippen LogP contribution in [0.5, 0.6) is 0 Å². The molecular formula is C25H24ClN3O3S. The molecule has 0 spiro atoms. The summed E-state index contributed by atoms with van der Waals surface area (Å²) < 4.78 is 7.41. The van der Waals surface area contributed by atoms with Crippen molar-refractivity contribution in [2.75, 3.05) is 25.6 Å². The van der Waals surface area contributed by atoms with E-state index in [1.807, 2.05) is 61.5 Å². The number of rotatable bonds is 5. The van der Waals surface area contributed by atoms with Crippen LogP contribution in [-0.4, -0.2) is 31.2 Å². The molecule has 6 nitrogen and oxygen atoms in total. The number of benzene rings is 2. The van der Waals surface area contributed by atoms with E-state index in [0.29, 0.717) is 25.6 Å². The van der Waals surface area contributed by atoms with Gasteiger partial charge in [-0.25, -0.2) is 9.79 Å². The molecule has 0 fully saturated rings. The van der Waals surface area contributed by atoms with Crippen molar-refractivity contribution in [3.8, 4) is 0 Å². The number of aromatic nitrogens is 1. The normalized spacial score (nSPS) is 15.8. The molecule has 0 aliphatic carbocycles. The van der Waals surface area contributed by atoms with Gasteiger partial charge in [0.25, 0.3) is 5.56 Å². The molecule has 33 heavy (non-hydrogen) atoms. The summed E-state index contributed by atoms with van der Waals surface area (Å²) in [5.41, 5.74) is 3.26. The summed E-state index contributed by atoms with van der Waals surface area (Å²) in [6, 6.07) is 14.5. The summed E-state index contributed by atoms with van der Waals surface area (Å²) in [6.07, 6.45) is 1.77. The van der Waals surface area contributed by atoms with Gasteiger partial charge in [-0.15, -0.1) is 0 Å². The van der Waals surface area contributed by atoms with E-state index >= 15 is 0 Å². The second kappa shape index (κ2) is 9.37. The van der Waals surface area contributed by atoms with E-state index in [0.717, 1.165) is 16.8 Å². The Morgan fingerprint density at radius 2 is 1.91 bits per heavy atom. The summed E-state index contributed by atoms with van der Waals surface area (Å²) in [5.74, 6) is -0.471. The fourth-order valence-corrected chi connectivity index (χ4v) is 5.02. The van der Waals surface area contributed by atoms with Crippen molar-refractivity contribution in [3.63, 3.8) is 0 Å². The molecule has 2 heterocycles. The Hall–Kier alpha value is -3.16. The Balaban J connectivity index is 1.95. The molecule has 3 aromatic rings. The van der Waals surface area contributed by atoms with Crippen LogP contribution in [0.3, 0.4) is 0 Å². The largest absolute Gasteiger partial charge is 0.463 e. The van der Waals surface area contributed by atoms with Gasteiger partial charge in [0.05, 0.1) is 28.5 Å². The number of hydrogen-bond donors (Lipinski definition) is 0. The molecule has 8 heteroatoms. The highest BCUT2D eigenvalue weighted by atomic mass is 35.5. The smallest absolute Gasteiger partial charge is 0.338 e. The van der Waals surface area contributed by atoms with Crippen molar-refractivity contribution < 1.29 is 9.53 Å². The van der Waals surface area contributed by atoms with Crippen LogP contribution in [0.4, 0.5) is 5.69 Å². The topological polar surface area (TPSA) is 63.9 Å². The lowest BCUT2D eigenvalue weighted by atomic mass is 9.95. The number of nitrogens with zero attached hydrogens (tertiary/aromatic N) is 3. The first-order chi connectivity index (χ1) is 15.8. The van der Waals surface area contributed by atoms with Crippen LogP contribution < -0.4 is 19.8 Å². The Labute approximate surface area is 200 Å². The zero-order valence-electron chi connectivity index (χ0n) is 18.8. The van der Waals surface area contributed by atoms with Crippen molar-refractivity contribution >= 4 is 40.7 Å². The van der Waals surface area contributed by atoms with Gasteiger partial charge in [-0.3, -0.25) is 9.36 Å². The van der Waals surface area contributed by atoms with Crippen LogP contribution in [0.2, 0.25) is 5.02 Å². The summed E-state index contributed by atoms with van der Waals surface area (Å²) in [7, 11) is 3.92. The Morgan fingerprint density at radius 3 is 2.55 bits per heavy atom. The fourth-order valence-electron chi connectivity index (χ4n) is 3.80. The molecule has 4 rings (SSSR count). The molecule has 1 aliphatic rings. The molecule has 0 saturated heterocycles. The van der Waals surface area contributed by atoms with Crippen molar-refractivity contribution in [2.24, 2.45) is 4.99 Å². The number of carbonyl (C=O) groups excluding carboxylic acids is 1. The molecule has 0 radical (unpaired) electrons. The molecule has 0 saturated carbocycles. The minimum absolute atomic E-state index is 0.227. The van der Waals surface area contributed by atoms with E-state index in [9.17, 15) is 9.59 Å². The number of anilines is 1. The molecular weight excluding hydrogens is 458 g/mol. The highest BCUT2D eigenvalue weighted by Crippen LogP contribution is 2.31. The number of thiazole rings is 1. The van der Waals surface area contributed by atoms with Crippen molar-refractivity contribution in [1.82, 2.24) is 4.57 Å². The Kier molecular flexibility index (Phi) is 6.54. The number of esters is 1. The number of halogens is 1. The molecule has 1 aromatic heterocycles. The van der Waals surface area contributed by atoms with E-state index in [1.165, 1.54) is 11.3 Å². The molecule has 0 bridgehead atoms. The summed E-state index contributed by atoms with van der Waals surface area (Å²) in [6.45, 7) is 3.77. The van der Waals surface area contributed by atoms with Crippen molar-refractivity contribution in [1.29, 1.82) is 0 Å². The lowest BCUT2D eigenvalue weighted by Gasteiger charge is -2.25. The first-order valence-corrected chi connectivity index (χ1v) is 11.7. The zero-order chi connectivity index (χ0) is 23.7. The standard InChI is InChI=1S/C25H24ClN3O3S/c1-5-32-24(31)21-15(2)27-25-29(22(21)16-10-12-18(13-11-16)28(3)4)23(30)20(33-25)14-17-8-6-7-9-19(17)26/h6-14,22H,5H2,1-4H3/t22-/m1/s1. The predicted molar refractivity (Wildman–Crippen MR) is 133 cm³/mol. The van der Waals surface area contributed by atoms with Crippen LogP contribution in [0.1, 0.15) is 31.0 Å². The monoisotopic (exact) mass is 481 g/mol. The van der Waals surface area contributed by atoms with Crippen LogP contribution in [-0.2, 0) is 9.53 Å².